The van der Waals surface area contributed by atoms with Crippen LogP contribution in [-0.4, -0.2) is 46.5 Å². The van der Waals surface area contributed by atoms with Crippen LogP contribution in [0.4, 0.5) is 4.79 Å². The molecule has 7 nitrogen and oxygen atoms in total. The number of amides is 3. The summed E-state index contributed by atoms with van der Waals surface area (Å²) in [6, 6.07) is 4.97. The van der Waals surface area contributed by atoms with Gasteiger partial charge in [0.15, 0.2) is 0 Å². The number of imide groups is 1. The van der Waals surface area contributed by atoms with Crippen LogP contribution in [-0.2, 0) is 16.0 Å². The summed E-state index contributed by atoms with van der Waals surface area (Å²) < 4.78 is 0. The van der Waals surface area contributed by atoms with E-state index in [4.69, 9.17) is 5.11 Å². The fourth-order valence-corrected chi connectivity index (χ4v) is 1.43. The number of pyridine rings is 1. The summed E-state index contributed by atoms with van der Waals surface area (Å²) in [6.45, 7) is 0.412. The first-order valence-electron chi connectivity index (χ1n) is 6.15. The summed E-state index contributed by atoms with van der Waals surface area (Å²) in [5, 5.41) is 10.6. The summed E-state index contributed by atoms with van der Waals surface area (Å²) in [6.07, 6.45) is 1.74. The molecule has 3 amide bonds. The topological polar surface area (TPSA) is 99.6 Å². The number of aliphatic carboxylic acids is 1. The molecule has 1 heterocycles. The molecule has 0 atom stereocenters. The van der Waals surface area contributed by atoms with Gasteiger partial charge in [-0.1, -0.05) is 6.07 Å². The van der Waals surface area contributed by atoms with Crippen molar-refractivity contribution < 1.29 is 19.5 Å². The van der Waals surface area contributed by atoms with Crippen LogP contribution in [0.25, 0.3) is 0 Å². The number of nitrogens with zero attached hydrogens (tertiary/aromatic N) is 2. The molecule has 2 N–H and O–H groups in total. The van der Waals surface area contributed by atoms with Gasteiger partial charge in [-0.25, -0.2) is 4.79 Å². The number of carboxylic acids is 1. The van der Waals surface area contributed by atoms with Crippen molar-refractivity contribution in [3.63, 3.8) is 0 Å². The molecule has 108 valence electrons. The average molecular weight is 279 g/mol. The van der Waals surface area contributed by atoms with Crippen molar-refractivity contribution >= 4 is 17.9 Å². The molecular weight excluding hydrogens is 262 g/mol. The van der Waals surface area contributed by atoms with Crippen molar-refractivity contribution in [1.82, 2.24) is 15.2 Å². The van der Waals surface area contributed by atoms with Gasteiger partial charge in [0.05, 0.1) is 6.42 Å². The Balaban J connectivity index is 2.32. The maximum absolute atomic E-state index is 11.6. The van der Waals surface area contributed by atoms with E-state index >= 15 is 0 Å². The third-order valence-corrected chi connectivity index (χ3v) is 2.59. The fourth-order valence-electron chi connectivity index (χ4n) is 1.43. The van der Waals surface area contributed by atoms with E-state index < -0.39 is 17.9 Å². The molecule has 7 heteroatoms. The Bertz CT molecular complexity index is 476. The van der Waals surface area contributed by atoms with Gasteiger partial charge < -0.3 is 10.0 Å². The number of urea groups is 1. The van der Waals surface area contributed by atoms with Crippen LogP contribution in [0, 0.1) is 0 Å². The van der Waals surface area contributed by atoms with E-state index in [-0.39, 0.29) is 12.8 Å². The Morgan fingerprint density at radius 2 is 2.05 bits per heavy atom. The molecule has 0 saturated carbocycles. The first-order valence-corrected chi connectivity index (χ1v) is 6.15. The highest BCUT2D eigenvalue weighted by molar-refractivity contribution is 5.95. The lowest BCUT2D eigenvalue weighted by atomic mass is 10.2. The third kappa shape index (κ3) is 5.94. The minimum absolute atomic E-state index is 0.213. The Morgan fingerprint density at radius 1 is 1.30 bits per heavy atom. The monoisotopic (exact) mass is 279 g/mol. The Morgan fingerprint density at radius 3 is 2.65 bits per heavy atom. The van der Waals surface area contributed by atoms with Crippen LogP contribution < -0.4 is 5.32 Å². The molecule has 0 spiro atoms. The second kappa shape index (κ2) is 7.88. The Kier molecular flexibility index (Phi) is 6.15. The first-order chi connectivity index (χ1) is 9.49. The van der Waals surface area contributed by atoms with E-state index in [0.29, 0.717) is 13.0 Å². The smallest absolute Gasteiger partial charge is 0.323 e. The third-order valence-electron chi connectivity index (χ3n) is 2.59. The van der Waals surface area contributed by atoms with Gasteiger partial charge in [-0.2, -0.15) is 0 Å². The molecule has 0 bridgehead atoms. The van der Waals surface area contributed by atoms with E-state index in [0.717, 1.165) is 5.69 Å². The van der Waals surface area contributed by atoms with Crippen molar-refractivity contribution in [1.29, 1.82) is 0 Å². The number of rotatable bonds is 6. The molecule has 1 aromatic rings. The van der Waals surface area contributed by atoms with Crippen molar-refractivity contribution in [3.8, 4) is 0 Å². The highest BCUT2D eigenvalue weighted by Gasteiger charge is 2.13. The number of carbonyl (C=O) groups is 3. The molecule has 0 aliphatic carbocycles. The van der Waals surface area contributed by atoms with E-state index in [9.17, 15) is 14.4 Å². The molecule has 0 radical (unpaired) electrons. The van der Waals surface area contributed by atoms with Gasteiger partial charge in [-0.3, -0.25) is 19.9 Å². The average Bonchev–Trinajstić information content (AvgIpc) is 2.43. The van der Waals surface area contributed by atoms with Crippen LogP contribution in [0.1, 0.15) is 18.5 Å². The number of hydrogen-bond acceptors (Lipinski definition) is 4. The van der Waals surface area contributed by atoms with Crippen molar-refractivity contribution in [2.45, 2.75) is 19.3 Å². The second-order valence-corrected chi connectivity index (χ2v) is 4.24. The highest BCUT2D eigenvalue weighted by Crippen LogP contribution is 1.97. The van der Waals surface area contributed by atoms with Gasteiger partial charge in [0.2, 0.25) is 5.91 Å². The first kappa shape index (κ1) is 15.6. The van der Waals surface area contributed by atoms with E-state index in [2.05, 4.69) is 10.3 Å². The van der Waals surface area contributed by atoms with Crippen LogP contribution >= 0.6 is 0 Å². The summed E-state index contributed by atoms with van der Waals surface area (Å²) in [7, 11) is 1.56. The zero-order chi connectivity index (χ0) is 15.0. The molecule has 0 saturated heterocycles. The lowest BCUT2D eigenvalue weighted by molar-refractivity contribution is -0.138. The highest BCUT2D eigenvalue weighted by atomic mass is 16.4. The van der Waals surface area contributed by atoms with Crippen molar-refractivity contribution in [2.24, 2.45) is 0 Å². The molecule has 0 fully saturated rings. The zero-order valence-corrected chi connectivity index (χ0v) is 11.2. The van der Waals surface area contributed by atoms with Crippen LogP contribution in [0.5, 0.6) is 0 Å². The number of aromatic nitrogens is 1. The standard InChI is InChI=1S/C13H17N3O4/c1-16(9-7-10-4-2-3-8-14-10)13(20)15-11(17)5-6-12(18)19/h2-4,8H,5-7,9H2,1H3,(H,18,19)(H,15,17,20). The zero-order valence-electron chi connectivity index (χ0n) is 11.2. The van der Waals surface area contributed by atoms with Gasteiger partial charge >= 0.3 is 12.0 Å². The van der Waals surface area contributed by atoms with Crippen molar-refractivity contribution in [2.75, 3.05) is 13.6 Å². The quantitative estimate of drug-likeness (QED) is 0.796. The van der Waals surface area contributed by atoms with E-state index in [1.54, 1.807) is 19.3 Å². The molecule has 1 aromatic heterocycles. The maximum atomic E-state index is 11.6. The predicted octanol–water partition coefficient (Wildman–Crippen LogP) is 0.657. The molecular formula is C13H17N3O4. The van der Waals surface area contributed by atoms with Crippen LogP contribution in [0.3, 0.4) is 0 Å². The number of likely N-dealkylation sites (N-methyl/N-ethyl adjacent to an activating group) is 1. The molecule has 0 aliphatic rings. The predicted molar refractivity (Wildman–Crippen MR) is 71.0 cm³/mol. The second-order valence-electron chi connectivity index (χ2n) is 4.24. The number of carboxylic acid groups (broad SMARTS) is 1. The summed E-state index contributed by atoms with van der Waals surface area (Å²) in [4.78, 5) is 38.7. The normalized spacial score (nSPS) is 9.85. The van der Waals surface area contributed by atoms with Crippen LogP contribution in [0.15, 0.2) is 24.4 Å². The largest absolute Gasteiger partial charge is 0.481 e. The minimum atomic E-state index is -1.07. The van der Waals surface area contributed by atoms with Crippen molar-refractivity contribution in [3.05, 3.63) is 30.1 Å². The number of hydrogen-bond donors (Lipinski definition) is 2. The van der Waals surface area contributed by atoms with Gasteiger partial charge in [-0.15, -0.1) is 0 Å². The van der Waals surface area contributed by atoms with E-state index in [1.807, 2.05) is 12.1 Å². The lowest BCUT2D eigenvalue weighted by Crippen LogP contribution is -2.41. The maximum Gasteiger partial charge on any atom is 0.323 e. The molecule has 0 aliphatic heterocycles. The molecule has 1 rings (SSSR count). The molecule has 0 aromatic carbocycles. The van der Waals surface area contributed by atoms with E-state index in [1.165, 1.54) is 4.90 Å². The van der Waals surface area contributed by atoms with Gasteiger partial charge in [0, 0.05) is 38.3 Å². The number of nitrogens with one attached hydrogen (secondary N) is 1. The minimum Gasteiger partial charge on any atom is -0.481 e. The SMILES string of the molecule is CN(CCc1ccccn1)C(=O)NC(=O)CCC(=O)O. The van der Waals surface area contributed by atoms with Crippen LogP contribution in [0.2, 0.25) is 0 Å². The molecule has 20 heavy (non-hydrogen) atoms. The molecule has 0 unspecified atom stereocenters. The Hall–Kier alpha value is -2.44. The number of carbonyl (C=O) groups excluding carboxylic acids is 2. The summed E-state index contributed by atoms with van der Waals surface area (Å²) >= 11 is 0. The summed E-state index contributed by atoms with van der Waals surface area (Å²) in [5.74, 6) is -1.67. The van der Waals surface area contributed by atoms with Gasteiger partial charge in [-0.05, 0) is 12.1 Å². The van der Waals surface area contributed by atoms with Gasteiger partial charge in [0.1, 0.15) is 0 Å². The lowest BCUT2D eigenvalue weighted by Gasteiger charge is -2.16. The Labute approximate surface area is 116 Å². The summed E-state index contributed by atoms with van der Waals surface area (Å²) in [5.41, 5.74) is 0.851. The van der Waals surface area contributed by atoms with Gasteiger partial charge in [0.25, 0.3) is 0 Å². The fraction of sp³-hybridized carbons (Fsp3) is 0.385.